The first-order valence-corrected chi connectivity index (χ1v) is 9.15. The van der Waals surface area contributed by atoms with Crippen molar-refractivity contribution in [3.8, 4) is 0 Å². The number of nitrogens with one attached hydrogen (secondary N) is 1. The summed E-state index contributed by atoms with van der Waals surface area (Å²) in [6.07, 6.45) is 19.2. The molecule has 0 spiro atoms. The van der Waals surface area contributed by atoms with E-state index in [4.69, 9.17) is 0 Å². The monoisotopic (exact) mass is 294 g/mol. The van der Waals surface area contributed by atoms with Gasteiger partial charge in [-0.1, -0.05) is 71.1 Å². The van der Waals surface area contributed by atoms with E-state index in [2.05, 4.69) is 17.5 Å². The van der Waals surface area contributed by atoms with Gasteiger partial charge in [-0.25, -0.2) is 5.43 Å². The van der Waals surface area contributed by atoms with Gasteiger partial charge < -0.3 is 0 Å². The summed E-state index contributed by atoms with van der Waals surface area (Å²) in [5, 5.41) is 4.12. The van der Waals surface area contributed by atoms with Crippen LogP contribution < -0.4 is 5.43 Å². The van der Waals surface area contributed by atoms with Crippen molar-refractivity contribution >= 4 is 12.1 Å². The van der Waals surface area contributed by atoms with Crippen molar-refractivity contribution < 1.29 is 4.79 Å². The molecule has 0 saturated heterocycles. The lowest BCUT2D eigenvalue weighted by Gasteiger charge is -2.16. The molecule has 1 N–H and O–H groups in total. The predicted octanol–water partition coefficient (Wildman–Crippen LogP) is 5.20. The standard InChI is InChI=1S/C18H34N2O/c1-2-3-4-5-6-7-8-12-15-18(21)20-19-16-17-13-10-9-11-14-17/h16-17H,2-15H2,1H3,(H,20,21)/b19-16+. The van der Waals surface area contributed by atoms with E-state index < -0.39 is 0 Å². The first-order chi connectivity index (χ1) is 10.3. The van der Waals surface area contributed by atoms with Crippen molar-refractivity contribution in [2.45, 2.75) is 96.8 Å². The van der Waals surface area contributed by atoms with Crippen LogP contribution in [0.3, 0.4) is 0 Å². The molecule has 0 aliphatic heterocycles. The Kier molecular flexibility index (Phi) is 11.1. The summed E-state index contributed by atoms with van der Waals surface area (Å²) < 4.78 is 0. The van der Waals surface area contributed by atoms with Crippen LogP contribution in [0.15, 0.2) is 5.10 Å². The van der Waals surface area contributed by atoms with Crippen molar-refractivity contribution in [2.75, 3.05) is 0 Å². The van der Waals surface area contributed by atoms with Crippen LogP contribution in [0.5, 0.6) is 0 Å². The molecule has 1 rings (SSSR count). The summed E-state index contributed by atoms with van der Waals surface area (Å²) in [5.74, 6) is 0.662. The molecular weight excluding hydrogens is 260 g/mol. The summed E-state index contributed by atoms with van der Waals surface area (Å²) in [6, 6.07) is 0. The molecule has 0 aromatic heterocycles. The van der Waals surface area contributed by atoms with Crippen molar-refractivity contribution in [2.24, 2.45) is 11.0 Å². The normalized spacial score (nSPS) is 16.4. The highest BCUT2D eigenvalue weighted by Crippen LogP contribution is 2.21. The maximum absolute atomic E-state index is 11.6. The van der Waals surface area contributed by atoms with Gasteiger partial charge in [-0.15, -0.1) is 0 Å². The van der Waals surface area contributed by atoms with Gasteiger partial charge in [0.25, 0.3) is 0 Å². The van der Waals surface area contributed by atoms with Crippen LogP contribution in [0.2, 0.25) is 0 Å². The third-order valence-corrected chi connectivity index (χ3v) is 4.38. The van der Waals surface area contributed by atoms with Crippen molar-refractivity contribution in [3.05, 3.63) is 0 Å². The minimum absolute atomic E-state index is 0.0769. The predicted molar refractivity (Wildman–Crippen MR) is 90.4 cm³/mol. The average molecular weight is 294 g/mol. The fourth-order valence-corrected chi connectivity index (χ4v) is 2.97. The summed E-state index contributed by atoms with van der Waals surface area (Å²) >= 11 is 0. The molecule has 1 saturated carbocycles. The number of amides is 1. The van der Waals surface area contributed by atoms with E-state index in [-0.39, 0.29) is 5.91 Å². The topological polar surface area (TPSA) is 41.5 Å². The summed E-state index contributed by atoms with van der Waals surface area (Å²) in [6.45, 7) is 2.25. The Morgan fingerprint density at radius 3 is 2.29 bits per heavy atom. The SMILES string of the molecule is CCCCCCCCCCC(=O)N/N=C/C1CCCCC1. The van der Waals surface area contributed by atoms with E-state index in [1.807, 2.05) is 6.21 Å². The van der Waals surface area contributed by atoms with Crippen LogP contribution in [0, 0.1) is 5.92 Å². The lowest BCUT2D eigenvalue weighted by atomic mass is 9.90. The maximum Gasteiger partial charge on any atom is 0.240 e. The van der Waals surface area contributed by atoms with Crippen LogP contribution >= 0.6 is 0 Å². The molecule has 21 heavy (non-hydrogen) atoms. The zero-order chi connectivity index (χ0) is 15.2. The minimum atomic E-state index is 0.0769. The van der Waals surface area contributed by atoms with Crippen LogP contribution in [0.25, 0.3) is 0 Å². The molecule has 0 aromatic carbocycles. The Bertz CT molecular complexity index is 283. The van der Waals surface area contributed by atoms with E-state index in [0.717, 1.165) is 6.42 Å². The molecule has 122 valence electrons. The second kappa shape index (κ2) is 12.8. The second-order valence-corrected chi connectivity index (χ2v) is 6.44. The maximum atomic E-state index is 11.6. The molecule has 1 aliphatic rings. The van der Waals surface area contributed by atoms with Gasteiger partial charge in [-0.05, 0) is 25.2 Å². The van der Waals surface area contributed by atoms with Crippen LogP contribution in [0.1, 0.15) is 96.8 Å². The van der Waals surface area contributed by atoms with Gasteiger partial charge >= 0.3 is 0 Å². The number of rotatable bonds is 11. The Hall–Kier alpha value is -0.860. The Balaban J connectivity index is 1.90. The molecular formula is C18H34N2O. The molecule has 0 heterocycles. The number of nitrogens with zero attached hydrogens (tertiary/aromatic N) is 1. The highest BCUT2D eigenvalue weighted by molar-refractivity contribution is 5.76. The van der Waals surface area contributed by atoms with Gasteiger partial charge in [0.1, 0.15) is 0 Å². The molecule has 0 bridgehead atoms. The van der Waals surface area contributed by atoms with Gasteiger partial charge in [0.15, 0.2) is 0 Å². The second-order valence-electron chi connectivity index (χ2n) is 6.44. The summed E-state index contributed by atoms with van der Waals surface area (Å²) in [4.78, 5) is 11.6. The quantitative estimate of drug-likeness (QED) is 0.317. The van der Waals surface area contributed by atoms with E-state index in [0.29, 0.717) is 12.3 Å². The Morgan fingerprint density at radius 1 is 1.00 bits per heavy atom. The molecule has 3 nitrogen and oxygen atoms in total. The number of hydrogen-bond donors (Lipinski definition) is 1. The van der Waals surface area contributed by atoms with Gasteiger partial charge in [0.05, 0.1) is 0 Å². The lowest BCUT2D eigenvalue weighted by Crippen LogP contribution is -2.18. The van der Waals surface area contributed by atoms with E-state index >= 15 is 0 Å². The van der Waals surface area contributed by atoms with Gasteiger partial charge in [-0.2, -0.15) is 5.10 Å². The fourth-order valence-electron chi connectivity index (χ4n) is 2.97. The molecule has 0 radical (unpaired) electrons. The van der Waals surface area contributed by atoms with Crippen LogP contribution in [-0.4, -0.2) is 12.1 Å². The molecule has 0 unspecified atom stereocenters. The van der Waals surface area contributed by atoms with E-state index in [1.54, 1.807) is 0 Å². The fraction of sp³-hybridized carbons (Fsp3) is 0.889. The van der Waals surface area contributed by atoms with Crippen molar-refractivity contribution in [1.82, 2.24) is 5.43 Å². The zero-order valence-corrected chi connectivity index (χ0v) is 13.9. The smallest absolute Gasteiger partial charge is 0.240 e. The van der Waals surface area contributed by atoms with Crippen LogP contribution in [-0.2, 0) is 4.79 Å². The van der Waals surface area contributed by atoms with Gasteiger partial charge in [0, 0.05) is 12.6 Å². The lowest BCUT2D eigenvalue weighted by molar-refractivity contribution is -0.121. The highest BCUT2D eigenvalue weighted by Gasteiger charge is 2.10. The highest BCUT2D eigenvalue weighted by atomic mass is 16.2. The van der Waals surface area contributed by atoms with E-state index in [1.165, 1.54) is 77.0 Å². The molecule has 0 aromatic rings. The third-order valence-electron chi connectivity index (χ3n) is 4.38. The Morgan fingerprint density at radius 2 is 1.62 bits per heavy atom. The molecule has 0 atom stereocenters. The minimum Gasteiger partial charge on any atom is -0.273 e. The number of unbranched alkanes of at least 4 members (excludes halogenated alkanes) is 7. The number of hydrogen-bond acceptors (Lipinski definition) is 2. The van der Waals surface area contributed by atoms with Crippen LogP contribution in [0.4, 0.5) is 0 Å². The number of carbonyl (C=O) groups excluding carboxylic acids is 1. The molecule has 1 amide bonds. The molecule has 3 heteroatoms. The first kappa shape index (κ1) is 18.2. The third kappa shape index (κ3) is 10.5. The zero-order valence-electron chi connectivity index (χ0n) is 13.9. The van der Waals surface area contributed by atoms with Gasteiger partial charge in [-0.3, -0.25) is 4.79 Å². The summed E-state index contributed by atoms with van der Waals surface area (Å²) in [5.41, 5.74) is 2.68. The largest absolute Gasteiger partial charge is 0.273 e. The van der Waals surface area contributed by atoms with Crippen molar-refractivity contribution in [3.63, 3.8) is 0 Å². The Labute approximate surface area is 131 Å². The van der Waals surface area contributed by atoms with Crippen molar-refractivity contribution in [1.29, 1.82) is 0 Å². The number of carbonyl (C=O) groups is 1. The van der Waals surface area contributed by atoms with E-state index in [9.17, 15) is 4.79 Å². The molecule has 1 aliphatic carbocycles. The average Bonchev–Trinajstić information content (AvgIpc) is 2.51. The number of hydrazone groups is 1. The molecule has 1 fully saturated rings. The summed E-state index contributed by atoms with van der Waals surface area (Å²) in [7, 11) is 0. The van der Waals surface area contributed by atoms with Gasteiger partial charge in [0.2, 0.25) is 5.91 Å². The first-order valence-electron chi connectivity index (χ1n) is 9.15.